The van der Waals surface area contributed by atoms with Crippen LogP contribution in [0.3, 0.4) is 0 Å². The molecule has 0 unspecified atom stereocenters. The van der Waals surface area contributed by atoms with Crippen LogP contribution in [0.4, 0.5) is 51.2 Å². The number of phenolic OH excluding ortho intramolecular Hbond substituents is 3. The molecule has 8 aromatic rings. The summed E-state index contributed by atoms with van der Waals surface area (Å²) in [6.45, 7) is 0. The van der Waals surface area contributed by atoms with Crippen LogP contribution in [0, 0.1) is 0 Å². The molecule has 0 spiro atoms. The van der Waals surface area contributed by atoms with Gasteiger partial charge in [0.25, 0.3) is 60.7 Å². The number of hydrogen-bond donors (Lipinski definition) is 14. The van der Waals surface area contributed by atoms with Crippen molar-refractivity contribution in [2.45, 2.75) is 39.2 Å². The van der Waals surface area contributed by atoms with Crippen LogP contribution in [0.1, 0.15) is 20.7 Å². The SMILES string of the molecule is Nc1c(/N=N\c2cc3c(O)c(/N=N\c4ccc(S(N)(=O)=O)cc4C(=O)O)c(S(=O)(=O)O)cc3cc2S(=O)(=O)O)cc(S(=O)(=O)O)c2cc(S(=O)(=O)O)c(/N=N\c3cc4c(O)c(/N=N\c5ccc(S(N)(=O)=O)cc5C(=O)O)c(S(=O)(=O)O)cc4cc3S(=O)(=O)O)c(O)c12. The number of nitrogens with zero attached hydrogens (tertiary/aromatic N) is 8. The molecule has 0 atom stereocenters. The third-order valence-corrected chi connectivity index (χ3v) is 19.4. The van der Waals surface area contributed by atoms with Crippen molar-refractivity contribution in [3.63, 3.8) is 0 Å². The number of aromatic carboxylic acids is 2. The summed E-state index contributed by atoms with van der Waals surface area (Å²) in [6.07, 6.45) is 0. The highest BCUT2D eigenvalue weighted by atomic mass is 32.2. The summed E-state index contributed by atoms with van der Waals surface area (Å²) < 4.78 is 263. The minimum atomic E-state index is -5.88. The number of nitrogens with two attached hydrogens (primary N) is 3. The van der Waals surface area contributed by atoms with Crippen LogP contribution in [0.5, 0.6) is 17.2 Å². The molecule has 0 saturated heterocycles. The number of benzene rings is 8. The van der Waals surface area contributed by atoms with Crippen LogP contribution in [-0.4, -0.2) is 132 Å². The predicted octanol–water partition coefficient (Wildman–Crippen LogP) is 5.68. The van der Waals surface area contributed by atoms with Crippen molar-refractivity contribution in [3.05, 3.63) is 96.1 Å². The standard InChI is InChI=1S/C44H31N11O29S8/c45-36-28(52-50-26-11-19-15(5-30(26)88(70,71)72)7-32(90(76,77)78)37(40(19)56)53-48-24-3-1-17(85(46,63)64)9-21(24)43(59)60)14-29(87(67,68)69)23-13-34(92(82,83)84)39(42(58)35(23)36)55-51-27-12-20-16(6-31(27)89(73,74)75)8-33(91(79,80)81)38(41(20)57)54-49-25-4-2-18(86(47,65)66)10-22(25)44(61)62/h1-14,56-58H,45H2,(H,59,60)(H,61,62)(H2,46,63,64)(H2,47,65,66)(H,67,68,69)(H,70,71,72)(H,73,74,75)(H,76,77,78)(H,79,80,81)(H,82,83,84)/b52-50-,53-48-,54-49-,55-51-. The number of hydrogen-bond acceptors (Lipinski definition) is 30. The molecule has 0 aliphatic heterocycles. The van der Waals surface area contributed by atoms with Crippen molar-refractivity contribution < 1.29 is 130 Å². The molecular weight excluding hydrogens is 1400 g/mol. The Labute approximate surface area is 512 Å². The highest BCUT2D eigenvalue weighted by Gasteiger charge is 2.32. The molecule has 8 aromatic carbocycles. The van der Waals surface area contributed by atoms with E-state index in [1.54, 1.807) is 0 Å². The van der Waals surface area contributed by atoms with E-state index in [1.165, 1.54) is 0 Å². The van der Waals surface area contributed by atoms with Gasteiger partial charge in [0.1, 0.15) is 74.9 Å². The van der Waals surface area contributed by atoms with Crippen molar-refractivity contribution in [3.8, 4) is 17.2 Å². The summed E-state index contributed by atoms with van der Waals surface area (Å²) in [5.74, 6) is -8.21. The first-order valence-electron chi connectivity index (χ1n) is 23.1. The van der Waals surface area contributed by atoms with Crippen molar-refractivity contribution in [2.24, 2.45) is 51.2 Å². The van der Waals surface area contributed by atoms with Crippen molar-refractivity contribution >= 4 is 176 Å². The average Bonchev–Trinajstić information content (AvgIpc) is 0.753. The maximum atomic E-state index is 13.0. The molecule has 484 valence electrons. The molecule has 0 heterocycles. The first-order chi connectivity index (χ1) is 42.0. The highest BCUT2D eigenvalue weighted by Crippen LogP contribution is 2.51. The molecule has 0 saturated carbocycles. The van der Waals surface area contributed by atoms with Gasteiger partial charge in [0.2, 0.25) is 20.0 Å². The van der Waals surface area contributed by atoms with E-state index in [0.717, 1.165) is 18.2 Å². The fourth-order valence-corrected chi connectivity index (χ4v) is 13.3. The Balaban J connectivity index is 1.34. The summed E-state index contributed by atoms with van der Waals surface area (Å²) in [4.78, 5) is 13.8. The van der Waals surface area contributed by atoms with Crippen LogP contribution in [-0.2, 0) is 80.8 Å². The first kappa shape index (κ1) is 68.3. The monoisotopic (exact) mass is 1430 g/mol. The number of sulfonamides is 2. The number of carbonyl (C=O) groups is 2. The number of anilines is 1. The number of carboxylic acids is 2. The van der Waals surface area contributed by atoms with Gasteiger partial charge in [-0.1, -0.05) is 0 Å². The van der Waals surface area contributed by atoms with Gasteiger partial charge in [0.05, 0.1) is 32.0 Å². The van der Waals surface area contributed by atoms with Gasteiger partial charge in [-0.15, -0.1) is 40.9 Å². The number of aromatic hydroxyl groups is 3. The maximum Gasteiger partial charge on any atom is 0.338 e. The molecule has 0 radical (unpaired) electrons. The van der Waals surface area contributed by atoms with Crippen LogP contribution in [0.15, 0.2) is 165 Å². The Morgan fingerprint density at radius 2 is 0.641 bits per heavy atom. The van der Waals surface area contributed by atoms with E-state index in [0.29, 0.717) is 54.6 Å². The van der Waals surface area contributed by atoms with Crippen LogP contribution in [0.25, 0.3) is 32.3 Å². The lowest BCUT2D eigenvalue weighted by Gasteiger charge is -2.15. The maximum absolute atomic E-state index is 13.0. The molecule has 0 fully saturated rings. The number of rotatable bonds is 18. The fourth-order valence-electron chi connectivity index (χ4n) is 8.30. The van der Waals surface area contributed by atoms with E-state index in [4.69, 9.17) is 16.0 Å². The molecular formula is C44H31N11O29S8. The predicted molar refractivity (Wildman–Crippen MR) is 306 cm³/mol. The van der Waals surface area contributed by atoms with E-state index < -0.39 is 244 Å². The zero-order valence-electron chi connectivity index (χ0n) is 43.9. The lowest BCUT2D eigenvalue weighted by Crippen LogP contribution is -2.13. The second-order valence-corrected chi connectivity index (χ2v) is 29.7. The van der Waals surface area contributed by atoms with Gasteiger partial charge in [0, 0.05) is 16.2 Å². The molecule has 48 heteroatoms. The molecule has 0 amide bonds. The van der Waals surface area contributed by atoms with Gasteiger partial charge in [-0.25, -0.2) is 36.7 Å². The summed E-state index contributed by atoms with van der Waals surface area (Å²) in [7, 11) is -43.2. The summed E-state index contributed by atoms with van der Waals surface area (Å²) in [6, 6.07) is 6.83. The van der Waals surface area contributed by atoms with Crippen LogP contribution < -0.4 is 16.0 Å². The van der Waals surface area contributed by atoms with Gasteiger partial charge in [-0.05, 0) is 95.7 Å². The Morgan fingerprint density at radius 3 is 0.978 bits per heavy atom. The molecule has 92 heavy (non-hydrogen) atoms. The number of carboxylic acid groups (broad SMARTS) is 2. The number of azo groups is 4. The fraction of sp³-hybridized carbons (Fsp3) is 0. The normalized spacial score (nSPS) is 13.4. The van der Waals surface area contributed by atoms with Crippen molar-refractivity contribution in [1.82, 2.24) is 0 Å². The average molecular weight is 1430 g/mol. The smallest absolute Gasteiger partial charge is 0.338 e. The molecule has 8 rings (SSSR count). The minimum absolute atomic E-state index is 0.155. The molecule has 0 bridgehead atoms. The van der Waals surface area contributed by atoms with Crippen LogP contribution >= 0.6 is 0 Å². The second kappa shape index (κ2) is 23.2. The van der Waals surface area contributed by atoms with E-state index >= 15 is 0 Å². The van der Waals surface area contributed by atoms with Gasteiger partial charge >= 0.3 is 11.9 Å². The van der Waals surface area contributed by atoms with Gasteiger partial charge in [-0.2, -0.15) is 50.5 Å². The Kier molecular flexibility index (Phi) is 17.2. The van der Waals surface area contributed by atoms with Gasteiger partial charge < -0.3 is 31.3 Å². The van der Waals surface area contributed by atoms with Crippen molar-refractivity contribution in [2.75, 3.05) is 5.73 Å². The zero-order valence-corrected chi connectivity index (χ0v) is 50.5. The molecule has 0 aliphatic rings. The second-order valence-electron chi connectivity index (χ2n) is 18.2. The summed E-state index contributed by atoms with van der Waals surface area (Å²) in [5, 5.41) is 87.1. The van der Waals surface area contributed by atoms with E-state index in [-0.39, 0.29) is 12.1 Å². The number of phenols is 3. The Hall–Kier alpha value is -9.64. The molecule has 40 nitrogen and oxygen atoms in total. The largest absolute Gasteiger partial charge is 0.505 e. The Morgan fingerprint density at radius 1 is 0.337 bits per heavy atom. The lowest BCUT2D eigenvalue weighted by atomic mass is 10.0. The zero-order chi connectivity index (χ0) is 68.9. The third-order valence-electron chi connectivity index (χ3n) is 12.3. The van der Waals surface area contributed by atoms with Crippen LogP contribution in [0.2, 0.25) is 0 Å². The minimum Gasteiger partial charge on any atom is -0.505 e. The van der Waals surface area contributed by atoms with Gasteiger partial charge in [-0.3, -0.25) is 27.3 Å². The Bertz CT molecular complexity index is 5810. The van der Waals surface area contributed by atoms with E-state index in [1.807, 2.05) is 0 Å². The molecule has 17 N–H and O–H groups in total. The number of primary sulfonamides is 2. The summed E-state index contributed by atoms with van der Waals surface area (Å²) in [5.41, 5.74) is -5.75. The van der Waals surface area contributed by atoms with E-state index in [2.05, 4.69) is 40.9 Å². The molecule has 0 aromatic heterocycles. The highest BCUT2D eigenvalue weighted by molar-refractivity contribution is 7.89. The van der Waals surface area contributed by atoms with Crippen molar-refractivity contribution in [1.29, 1.82) is 0 Å². The summed E-state index contributed by atoms with van der Waals surface area (Å²) >= 11 is 0. The quantitative estimate of drug-likeness (QED) is 0.0279. The van der Waals surface area contributed by atoms with Gasteiger partial charge in [0.15, 0.2) is 17.2 Å². The first-order valence-corrected chi connectivity index (χ1v) is 34.8. The van der Waals surface area contributed by atoms with E-state index in [9.17, 15) is 130 Å². The lowest BCUT2D eigenvalue weighted by molar-refractivity contribution is 0.0686. The third kappa shape index (κ3) is 13.7. The topological polar surface area (TPSA) is 707 Å². The number of nitrogen functional groups attached to an aromatic ring is 1. The number of fused-ring (bicyclic) bond motifs is 3. The molecule has 0 aliphatic carbocycles.